The van der Waals surface area contributed by atoms with Gasteiger partial charge in [-0.25, -0.2) is 0 Å². The molecule has 40 valence electrons. The molecule has 0 saturated carbocycles. The summed E-state index contributed by atoms with van der Waals surface area (Å²) in [5, 5.41) is 0. The molecule has 0 spiro atoms. The summed E-state index contributed by atoms with van der Waals surface area (Å²) in [5.74, 6) is 0. The minimum absolute atomic E-state index is 0. The molecule has 7 heteroatoms. The zero-order valence-electron chi connectivity index (χ0n) is 2.51. The molecule has 0 aliphatic rings. The van der Waals surface area contributed by atoms with Crippen molar-refractivity contribution in [2.45, 2.75) is 0 Å². The zero-order valence-corrected chi connectivity index (χ0v) is 9.01. The van der Waals surface area contributed by atoms with Gasteiger partial charge in [0.2, 0.25) is 0 Å². The van der Waals surface area contributed by atoms with E-state index >= 15 is 0 Å². The normalized spacial score (nSPS) is 3.43. The summed E-state index contributed by atoms with van der Waals surface area (Å²) in [6.45, 7) is 0. The molecule has 0 saturated heterocycles. The van der Waals surface area contributed by atoms with Gasteiger partial charge >= 0.3 is 74.2 Å². The van der Waals surface area contributed by atoms with Crippen LogP contribution in [0.3, 0.4) is 0 Å². The molecule has 0 aromatic heterocycles. The van der Waals surface area contributed by atoms with Crippen molar-refractivity contribution < 1.29 is 14.1 Å². The van der Waals surface area contributed by atoms with Crippen LogP contribution < -0.4 is 0 Å². The van der Waals surface area contributed by atoms with Crippen molar-refractivity contribution in [2.75, 3.05) is 0 Å². The SMILES string of the molecule is O=[Si](O)O.[AlH3].[CaH2].[PbH2]. The second-order valence-corrected chi connectivity index (χ2v) is 0.848. The van der Waals surface area contributed by atoms with Crippen LogP contribution >= 0.6 is 0 Å². The molecule has 2 N–H and O–H groups in total. The first-order valence-corrected chi connectivity index (χ1v) is 1.95. The summed E-state index contributed by atoms with van der Waals surface area (Å²) in [6.07, 6.45) is 0. The Morgan fingerprint density at radius 3 is 1.29 bits per heavy atom. The van der Waals surface area contributed by atoms with Gasteiger partial charge in [0, 0.05) is 0 Å². The van der Waals surface area contributed by atoms with Crippen LogP contribution in [0.2, 0.25) is 0 Å². The molecule has 3 nitrogen and oxygen atoms in total. The molecular formula is H9AlCaO3PbSi. The topological polar surface area (TPSA) is 57.5 Å². The Labute approximate surface area is 104 Å². The van der Waals surface area contributed by atoms with Crippen LogP contribution in [0.1, 0.15) is 0 Å². The monoisotopic (exact) mass is 360 g/mol. The Kier molecular flexibility index (Phi) is 51.3. The number of hydrogen-bond acceptors (Lipinski definition) is 1. The van der Waals surface area contributed by atoms with E-state index in [4.69, 9.17) is 14.1 Å². The first kappa shape index (κ1) is 22.8. The average Bonchev–Trinajstić information content (AvgIpc) is 0.811. The van der Waals surface area contributed by atoms with Crippen LogP contribution in [0, 0.1) is 0 Å². The Balaban J connectivity index is -0.0000000150. The quantitative estimate of drug-likeness (QED) is 0.428. The van der Waals surface area contributed by atoms with Gasteiger partial charge in [0.05, 0.1) is 0 Å². The summed E-state index contributed by atoms with van der Waals surface area (Å²) < 4.78 is 8.74. The van der Waals surface area contributed by atoms with E-state index in [1.807, 2.05) is 0 Å². The molecule has 7 heavy (non-hydrogen) atoms. The van der Waals surface area contributed by atoms with Gasteiger partial charge in [0.15, 0.2) is 17.4 Å². The molecule has 0 rings (SSSR count). The summed E-state index contributed by atoms with van der Waals surface area (Å²) in [4.78, 5) is 14.3. The average molecular weight is 359 g/mol. The van der Waals surface area contributed by atoms with Crippen molar-refractivity contribution in [3.63, 3.8) is 0 Å². The first-order valence-electron chi connectivity index (χ1n) is 0.651. The van der Waals surface area contributed by atoms with Crippen LogP contribution in [0.4, 0.5) is 0 Å². The van der Waals surface area contributed by atoms with Crippen molar-refractivity contribution in [2.24, 2.45) is 0 Å². The first-order chi connectivity index (χ1) is 1.73. The third-order valence-corrected chi connectivity index (χ3v) is 0. The van der Waals surface area contributed by atoms with Gasteiger partial charge in [0.1, 0.15) is 0 Å². The van der Waals surface area contributed by atoms with E-state index in [1.54, 1.807) is 0 Å². The van der Waals surface area contributed by atoms with E-state index in [-0.39, 0.29) is 82.4 Å². The van der Waals surface area contributed by atoms with Gasteiger partial charge < -0.3 is 9.59 Å². The van der Waals surface area contributed by atoms with Gasteiger partial charge in [-0.05, 0) is 0 Å². The minimum atomic E-state index is -3.13. The predicted octanol–water partition coefficient (Wildman–Crippen LogP) is -4.63. The van der Waals surface area contributed by atoms with Crippen LogP contribution in [0.5, 0.6) is 0 Å². The fourth-order valence-electron chi connectivity index (χ4n) is 0. The standard InChI is InChI=1S/Al.Ca.H2O3Si.Pb.7H/c;;1-4(2)3;;;;;;;;/h;;1-2H;;;;;;;;. The molecule has 0 aromatic carbocycles. The third kappa shape index (κ3) is 61.5. The molecule has 0 aliphatic carbocycles. The van der Waals surface area contributed by atoms with E-state index in [2.05, 4.69) is 0 Å². The second-order valence-electron chi connectivity index (χ2n) is 0.283. The molecule has 0 amide bonds. The summed E-state index contributed by atoms with van der Waals surface area (Å²) >= 11 is 0. The van der Waals surface area contributed by atoms with Gasteiger partial charge in [-0.3, -0.25) is 4.46 Å². The maximum absolute atomic E-state index is 8.74. The van der Waals surface area contributed by atoms with E-state index in [0.29, 0.717) is 0 Å². The molecule has 0 aromatic rings. The van der Waals surface area contributed by atoms with Crippen molar-refractivity contribution in [1.29, 1.82) is 0 Å². The zero-order chi connectivity index (χ0) is 3.58. The molecule has 0 aliphatic heterocycles. The van der Waals surface area contributed by atoms with Crippen molar-refractivity contribution in [3.05, 3.63) is 0 Å². The van der Waals surface area contributed by atoms with Crippen LogP contribution in [0.15, 0.2) is 0 Å². The number of rotatable bonds is 0. The van der Waals surface area contributed by atoms with Gasteiger partial charge in [-0.15, -0.1) is 0 Å². The Hall–Kier alpha value is 2.33. The molecule has 0 atom stereocenters. The fourth-order valence-corrected chi connectivity index (χ4v) is 0. The third-order valence-electron chi connectivity index (χ3n) is 0. The Bertz CT molecular complexity index is 37.9. The van der Waals surface area contributed by atoms with E-state index in [1.165, 1.54) is 0 Å². The van der Waals surface area contributed by atoms with Crippen LogP contribution in [-0.2, 0) is 4.46 Å². The molecular weight excluding hydrogens is 350 g/mol. The molecule has 0 heterocycles. The summed E-state index contributed by atoms with van der Waals surface area (Å²) in [6, 6.07) is 0. The van der Waals surface area contributed by atoms with Gasteiger partial charge in [-0.2, -0.15) is 0 Å². The molecule has 2 radical (unpaired) electrons. The van der Waals surface area contributed by atoms with E-state index in [9.17, 15) is 0 Å². The van der Waals surface area contributed by atoms with E-state index < -0.39 is 9.17 Å². The van der Waals surface area contributed by atoms with Gasteiger partial charge in [-0.1, -0.05) is 0 Å². The second kappa shape index (κ2) is 15.8. The van der Waals surface area contributed by atoms with Crippen LogP contribution in [0.25, 0.3) is 0 Å². The maximum atomic E-state index is 8.74. The Morgan fingerprint density at radius 1 is 1.29 bits per heavy atom. The molecule has 0 unspecified atom stereocenters. The summed E-state index contributed by atoms with van der Waals surface area (Å²) in [7, 11) is -3.13. The number of hydrogen-bond donors (Lipinski definition) is 2. The Morgan fingerprint density at radius 2 is 1.29 bits per heavy atom. The predicted molar refractivity (Wildman–Crippen MR) is 37.9 cm³/mol. The molecule has 0 fully saturated rings. The fraction of sp³-hybridized carbons (Fsp3) is 0. The summed E-state index contributed by atoms with van der Waals surface area (Å²) in [5.41, 5.74) is 0. The van der Waals surface area contributed by atoms with Crippen molar-refractivity contribution in [1.82, 2.24) is 0 Å². The van der Waals surface area contributed by atoms with Crippen LogP contribution in [-0.4, -0.2) is 101 Å². The van der Waals surface area contributed by atoms with E-state index in [0.717, 1.165) is 0 Å². The van der Waals surface area contributed by atoms with Gasteiger partial charge in [0.25, 0.3) is 0 Å². The van der Waals surface area contributed by atoms with Crippen molar-refractivity contribution >= 4 is 91.6 Å². The molecule has 0 bridgehead atoms. The van der Waals surface area contributed by atoms with Crippen molar-refractivity contribution in [3.8, 4) is 0 Å².